The number of H-pyrrole nitrogens is 1. The van der Waals surface area contributed by atoms with Crippen LogP contribution in [0.2, 0.25) is 0 Å². The zero-order valence-corrected chi connectivity index (χ0v) is 19.3. The van der Waals surface area contributed by atoms with Crippen molar-refractivity contribution in [2.75, 3.05) is 13.1 Å². The van der Waals surface area contributed by atoms with E-state index in [9.17, 15) is 9.59 Å². The van der Waals surface area contributed by atoms with Gasteiger partial charge in [-0.15, -0.1) is 0 Å². The lowest BCUT2D eigenvalue weighted by Crippen LogP contribution is -2.31. The van der Waals surface area contributed by atoms with Crippen molar-refractivity contribution < 1.29 is 9.59 Å². The van der Waals surface area contributed by atoms with Gasteiger partial charge in [0.2, 0.25) is 0 Å². The van der Waals surface area contributed by atoms with Gasteiger partial charge in [0.25, 0.3) is 11.8 Å². The predicted octanol–water partition coefficient (Wildman–Crippen LogP) is 3.71. The Morgan fingerprint density at radius 1 is 1.12 bits per heavy atom. The summed E-state index contributed by atoms with van der Waals surface area (Å²) in [5.41, 5.74) is 4.16. The average molecular weight is 435 g/mol. The second-order valence-electron chi connectivity index (χ2n) is 7.90. The molecule has 0 spiro atoms. The molecule has 0 aliphatic rings. The number of rotatable bonds is 8. The second kappa shape index (κ2) is 10.2. The van der Waals surface area contributed by atoms with Crippen LogP contribution in [-0.2, 0) is 6.54 Å². The van der Waals surface area contributed by atoms with Crippen LogP contribution in [0.25, 0.3) is 11.3 Å². The largest absolute Gasteiger partial charge is 0.347 e. The summed E-state index contributed by atoms with van der Waals surface area (Å²) in [5.74, 6) is 0.574. The number of aromatic amines is 1. The van der Waals surface area contributed by atoms with Gasteiger partial charge in [-0.05, 0) is 38.3 Å². The van der Waals surface area contributed by atoms with Gasteiger partial charge in [-0.1, -0.05) is 38.1 Å². The highest BCUT2D eigenvalue weighted by Crippen LogP contribution is 2.23. The molecule has 3 rings (SSSR count). The quantitative estimate of drug-likeness (QED) is 0.562. The molecule has 2 N–H and O–H groups in total. The van der Waals surface area contributed by atoms with E-state index >= 15 is 0 Å². The van der Waals surface area contributed by atoms with Crippen molar-refractivity contribution in [2.24, 2.45) is 0 Å². The summed E-state index contributed by atoms with van der Waals surface area (Å²) in [6, 6.07) is 9.43. The van der Waals surface area contributed by atoms with Crippen LogP contribution in [-0.4, -0.2) is 50.0 Å². The van der Waals surface area contributed by atoms with E-state index in [1.807, 2.05) is 52.0 Å². The van der Waals surface area contributed by atoms with Crippen LogP contribution in [0.5, 0.6) is 0 Å². The summed E-state index contributed by atoms with van der Waals surface area (Å²) in [6.45, 7) is 11.4. The van der Waals surface area contributed by atoms with Crippen LogP contribution in [0.1, 0.15) is 71.5 Å². The van der Waals surface area contributed by atoms with Crippen LogP contribution >= 0.6 is 0 Å². The smallest absolute Gasteiger partial charge is 0.272 e. The second-order valence-corrected chi connectivity index (χ2v) is 7.90. The Labute approximate surface area is 188 Å². The van der Waals surface area contributed by atoms with Gasteiger partial charge in [0.05, 0.1) is 11.3 Å². The molecular formula is C24H30N6O2. The first-order valence-electron chi connectivity index (χ1n) is 10.9. The number of aryl methyl sites for hydroxylation is 1. The fourth-order valence-corrected chi connectivity index (χ4v) is 3.33. The molecule has 32 heavy (non-hydrogen) atoms. The Hall–Kier alpha value is -3.55. The minimum atomic E-state index is -0.226. The minimum absolute atomic E-state index is 0.0823. The van der Waals surface area contributed by atoms with E-state index in [-0.39, 0.29) is 17.7 Å². The molecule has 8 heteroatoms. The van der Waals surface area contributed by atoms with Crippen molar-refractivity contribution in [1.82, 2.24) is 30.4 Å². The van der Waals surface area contributed by atoms with Gasteiger partial charge in [0, 0.05) is 37.1 Å². The monoisotopic (exact) mass is 434 g/mol. The number of hydrogen-bond donors (Lipinski definition) is 2. The van der Waals surface area contributed by atoms with Crippen LogP contribution in [0, 0.1) is 6.92 Å². The number of amides is 2. The van der Waals surface area contributed by atoms with Crippen molar-refractivity contribution in [3.63, 3.8) is 0 Å². The maximum atomic E-state index is 12.9. The van der Waals surface area contributed by atoms with E-state index < -0.39 is 0 Å². The molecule has 0 bridgehead atoms. The first-order valence-corrected chi connectivity index (χ1v) is 10.9. The molecule has 0 fully saturated rings. The summed E-state index contributed by atoms with van der Waals surface area (Å²) < 4.78 is 0. The molecular weight excluding hydrogens is 404 g/mol. The third-order valence-electron chi connectivity index (χ3n) is 5.32. The zero-order chi connectivity index (χ0) is 23.3. The van der Waals surface area contributed by atoms with Crippen molar-refractivity contribution in [3.8, 4) is 11.3 Å². The normalized spacial score (nSPS) is 10.9. The maximum absolute atomic E-state index is 12.9. The van der Waals surface area contributed by atoms with E-state index in [2.05, 4.69) is 25.5 Å². The Balaban J connectivity index is 1.75. The average Bonchev–Trinajstić information content (AvgIpc) is 3.29. The van der Waals surface area contributed by atoms with E-state index in [1.165, 1.54) is 0 Å². The lowest BCUT2D eigenvalue weighted by atomic mass is 10.0. The summed E-state index contributed by atoms with van der Waals surface area (Å²) in [7, 11) is 0. The fourth-order valence-electron chi connectivity index (χ4n) is 3.33. The Kier molecular flexibility index (Phi) is 7.35. The predicted molar refractivity (Wildman–Crippen MR) is 123 cm³/mol. The molecule has 0 saturated heterocycles. The Bertz CT molecular complexity index is 1080. The van der Waals surface area contributed by atoms with E-state index in [1.54, 1.807) is 24.1 Å². The SMILES string of the molecule is CCN(CC)C(=O)c1cnc(C)nc1-c1ccc(CNC(=O)c2cc(C(C)C)[nH]n2)cc1. The topological polar surface area (TPSA) is 104 Å². The van der Waals surface area contributed by atoms with Gasteiger partial charge in [-0.25, -0.2) is 9.97 Å². The lowest BCUT2D eigenvalue weighted by Gasteiger charge is -2.20. The maximum Gasteiger partial charge on any atom is 0.272 e. The standard InChI is InChI=1S/C24H30N6O2/c1-6-30(7-2)24(32)19-14-25-16(5)27-22(19)18-10-8-17(9-11-18)13-26-23(31)21-12-20(15(3)4)28-29-21/h8-12,14-15H,6-7,13H2,1-5H3,(H,26,31)(H,28,29). The molecule has 8 nitrogen and oxygen atoms in total. The van der Waals surface area contributed by atoms with Crippen LogP contribution < -0.4 is 5.32 Å². The van der Waals surface area contributed by atoms with Crippen LogP contribution in [0.4, 0.5) is 0 Å². The molecule has 0 saturated carbocycles. The molecule has 0 atom stereocenters. The van der Waals surface area contributed by atoms with Gasteiger partial charge in [0.1, 0.15) is 11.5 Å². The molecule has 1 aromatic carbocycles. The molecule has 2 amide bonds. The summed E-state index contributed by atoms with van der Waals surface area (Å²) in [5, 5.41) is 9.86. The van der Waals surface area contributed by atoms with Gasteiger partial charge in [0.15, 0.2) is 0 Å². The van der Waals surface area contributed by atoms with Gasteiger partial charge >= 0.3 is 0 Å². The van der Waals surface area contributed by atoms with Crippen molar-refractivity contribution in [2.45, 2.75) is 47.1 Å². The molecule has 168 valence electrons. The number of hydrogen-bond acceptors (Lipinski definition) is 5. The lowest BCUT2D eigenvalue weighted by molar-refractivity contribution is 0.0772. The number of benzene rings is 1. The number of carbonyl (C=O) groups excluding carboxylic acids is 2. The molecule has 2 heterocycles. The third kappa shape index (κ3) is 5.19. The first kappa shape index (κ1) is 23.1. The van der Waals surface area contributed by atoms with Crippen molar-refractivity contribution >= 4 is 11.8 Å². The molecule has 0 aliphatic heterocycles. The number of nitrogens with zero attached hydrogens (tertiary/aromatic N) is 4. The Morgan fingerprint density at radius 2 is 1.81 bits per heavy atom. The number of nitrogens with one attached hydrogen (secondary N) is 2. The minimum Gasteiger partial charge on any atom is -0.347 e. The van der Waals surface area contributed by atoms with Gasteiger partial charge in [-0.2, -0.15) is 5.10 Å². The van der Waals surface area contributed by atoms with E-state index in [0.29, 0.717) is 42.4 Å². The summed E-state index contributed by atoms with van der Waals surface area (Å²) in [6.07, 6.45) is 1.60. The van der Waals surface area contributed by atoms with E-state index in [4.69, 9.17) is 0 Å². The molecule has 0 unspecified atom stereocenters. The van der Waals surface area contributed by atoms with Gasteiger partial charge in [-0.3, -0.25) is 14.7 Å². The summed E-state index contributed by atoms with van der Waals surface area (Å²) >= 11 is 0. The number of carbonyl (C=O) groups is 2. The van der Waals surface area contributed by atoms with Crippen molar-refractivity contribution in [1.29, 1.82) is 0 Å². The summed E-state index contributed by atoms with van der Waals surface area (Å²) in [4.78, 5) is 35.8. The van der Waals surface area contributed by atoms with Gasteiger partial charge < -0.3 is 10.2 Å². The van der Waals surface area contributed by atoms with E-state index in [0.717, 1.165) is 16.8 Å². The van der Waals surface area contributed by atoms with Crippen molar-refractivity contribution in [3.05, 3.63) is 64.9 Å². The third-order valence-corrected chi connectivity index (χ3v) is 5.32. The molecule has 0 radical (unpaired) electrons. The van der Waals surface area contributed by atoms with Crippen LogP contribution in [0.3, 0.4) is 0 Å². The zero-order valence-electron chi connectivity index (χ0n) is 19.3. The number of aromatic nitrogens is 4. The Morgan fingerprint density at radius 3 is 2.41 bits per heavy atom. The highest BCUT2D eigenvalue weighted by atomic mass is 16.2. The molecule has 2 aromatic heterocycles. The fraction of sp³-hybridized carbons (Fsp3) is 0.375. The molecule has 3 aromatic rings. The first-order chi connectivity index (χ1) is 15.3. The highest BCUT2D eigenvalue weighted by molar-refractivity contribution is 5.99. The van der Waals surface area contributed by atoms with Crippen LogP contribution in [0.15, 0.2) is 36.5 Å². The molecule has 0 aliphatic carbocycles. The highest BCUT2D eigenvalue weighted by Gasteiger charge is 2.19.